The Morgan fingerprint density at radius 1 is 1.42 bits per heavy atom. The largest absolute Gasteiger partial charge is 0.480 e. The molecule has 1 aliphatic rings. The predicted octanol–water partition coefficient (Wildman–Crippen LogP) is 0.193. The van der Waals surface area contributed by atoms with Gasteiger partial charge in [0.1, 0.15) is 11.6 Å². The Hall–Kier alpha value is -1.79. The minimum Gasteiger partial charge on any atom is -0.480 e. The number of carboxylic acids is 1. The second-order valence-corrected chi connectivity index (χ2v) is 5.31. The first-order chi connectivity index (χ1) is 8.77. The van der Waals surface area contributed by atoms with Gasteiger partial charge in [-0.25, -0.2) is 9.59 Å². The van der Waals surface area contributed by atoms with Gasteiger partial charge in [-0.3, -0.25) is 4.79 Å². The molecule has 0 heterocycles. The van der Waals surface area contributed by atoms with Crippen LogP contribution in [-0.4, -0.2) is 34.6 Å². The summed E-state index contributed by atoms with van der Waals surface area (Å²) < 4.78 is 0. The van der Waals surface area contributed by atoms with Crippen molar-refractivity contribution in [2.45, 2.75) is 51.1 Å². The van der Waals surface area contributed by atoms with Crippen LogP contribution in [0.4, 0.5) is 4.79 Å². The van der Waals surface area contributed by atoms with Gasteiger partial charge in [-0.2, -0.15) is 0 Å². The van der Waals surface area contributed by atoms with Gasteiger partial charge in [-0.1, -0.05) is 19.8 Å². The number of amides is 3. The lowest BCUT2D eigenvalue weighted by atomic mass is 9.76. The van der Waals surface area contributed by atoms with Crippen LogP contribution in [0.15, 0.2) is 0 Å². The van der Waals surface area contributed by atoms with Crippen molar-refractivity contribution in [1.82, 2.24) is 10.6 Å². The highest BCUT2D eigenvalue weighted by molar-refractivity contribution is 5.91. The summed E-state index contributed by atoms with van der Waals surface area (Å²) >= 11 is 0. The maximum absolute atomic E-state index is 11.9. The van der Waals surface area contributed by atoms with E-state index >= 15 is 0 Å². The molecule has 0 bridgehead atoms. The fraction of sp³-hybridized carbons (Fsp3) is 0.750. The topological polar surface area (TPSA) is 122 Å². The zero-order valence-electron chi connectivity index (χ0n) is 11.2. The summed E-state index contributed by atoms with van der Waals surface area (Å²) in [5.74, 6) is -1.32. The van der Waals surface area contributed by atoms with Crippen LogP contribution in [0.2, 0.25) is 0 Å². The van der Waals surface area contributed by atoms with E-state index in [1.54, 1.807) is 0 Å². The van der Waals surface area contributed by atoms with Crippen LogP contribution in [0.1, 0.15) is 39.5 Å². The predicted molar refractivity (Wildman–Crippen MR) is 68.3 cm³/mol. The van der Waals surface area contributed by atoms with E-state index in [0.29, 0.717) is 12.8 Å². The second kappa shape index (κ2) is 5.90. The first-order valence-electron chi connectivity index (χ1n) is 6.38. The van der Waals surface area contributed by atoms with Gasteiger partial charge in [-0.15, -0.1) is 0 Å². The summed E-state index contributed by atoms with van der Waals surface area (Å²) in [4.78, 5) is 34.1. The standard InChI is InChI=1S/C12H21N3O4/c1-7-4-3-5-12(6-7,10(17)18)15-9(16)8(2)14-11(13)19/h7-8H,3-6H2,1-2H3,(H,15,16)(H,17,18)(H3,13,14,19). The molecule has 5 N–H and O–H groups in total. The third-order valence-corrected chi connectivity index (χ3v) is 3.52. The van der Waals surface area contributed by atoms with E-state index in [9.17, 15) is 19.5 Å². The third-order valence-electron chi connectivity index (χ3n) is 3.52. The van der Waals surface area contributed by atoms with E-state index in [1.807, 2.05) is 6.92 Å². The number of carbonyl (C=O) groups is 3. The lowest BCUT2D eigenvalue weighted by Crippen LogP contribution is -2.60. The van der Waals surface area contributed by atoms with Crippen LogP contribution in [0.25, 0.3) is 0 Å². The molecule has 0 aromatic heterocycles. The molecule has 108 valence electrons. The van der Waals surface area contributed by atoms with Crippen molar-refractivity contribution in [3.05, 3.63) is 0 Å². The van der Waals surface area contributed by atoms with E-state index in [4.69, 9.17) is 5.73 Å². The number of carbonyl (C=O) groups excluding carboxylic acids is 2. The monoisotopic (exact) mass is 271 g/mol. The van der Waals surface area contributed by atoms with Crippen molar-refractivity contribution in [3.63, 3.8) is 0 Å². The van der Waals surface area contributed by atoms with Gasteiger partial charge in [-0.05, 0) is 25.7 Å². The van der Waals surface area contributed by atoms with Gasteiger partial charge < -0.3 is 21.5 Å². The number of primary amides is 1. The molecule has 1 saturated carbocycles. The zero-order chi connectivity index (χ0) is 14.6. The molecule has 1 fully saturated rings. The number of hydrogen-bond donors (Lipinski definition) is 4. The van der Waals surface area contributed by atoms with E-state index in [1.165, 1.54) is 6.92 Å². The molecular weight excluding hydrogens is 250 g/mol. The molecule has 7 nitrogen and oxygen atoms in total. The van der Waals surface area contributed by atoms with Crippen LogP contribution in [-0.2, 0) is 9.59 Å². The second-order valence-electron chi connectivity index (χ2n) is 5.31. The molecule has 0 aromatic rings. The number of urea groups is 1. The highest BCUT2D eigenvalue weighted by Gasteiger charge is 2.43. The first kappa shape index (κ1) is 15.3. The van der Waals surface area contributed by atoms with E-state index in [0.717, 1.165) is 12.8 Å². The number of hydrogen-bond acceptors (Lipinski definition) is 3. The lowest BCUT2D eigenvalue weighted by molar-refractivity contribution is -0.150. The van der Waals surface area contributed by atoms with Crippen molar-refractivity contribution in [1.29, 1.82) is 0 Å². The van der Waals surface area contributed by atoms with Crippen molar-refractivity contribution in [2.75, 3.05) is 0 Å². The van der Waals surface area contributed by atoms with Crippen molar-refractivity contribution >= 4 is 17.9 Å². The molecule has 1 rings (SSSR count). The highest BCUT2D eigenvalue weighted by atomic mass is 16.4. The van der Waals surface area contributed by atoms with Crippen LogP contribution < -0.4 is 16.4 Å². The Morgan fingerprint density at radius 2 is 2.05 bits per heavy atom. The molecule has 3 amide bonds. The van der Waals surface area contributed by atoms with Gasteiger partial charge in [0.2, 0.25) is 5.91 Å². The van der Waals surface area contributed by atoms with Crippen LogP contribution in [0.3, 0.4) is 0 Å². The molecule has 0 aromatic carbocycles. The highest BCUT2D eigenvalue weighted by Crippen LogP contribution is 2.32. The smallest absolute Gasteiger partial charge is 0.329 e. The fourth-order valence-electron chi connectivity index (χ4n) is 2.54. The average molecular weight is 271 g/mol. The quantitative estimate of drug-likeness (QED) is 0.583. The summed E-state index contributed by atoms with van der Waals surface area (Å²) in [6.45, 7) is 3.43. The van der Waals surface area contributed by atoms with Crippen molar-refractivity contribution < 1.29 is 19.5 Å². The molecule has 3 unspecified atom stereocenters. The Kier molecular flexibility index (Phi) is 4.74. The zero-order valence-corrected chi connectivity index (χ0v) is 11.2. The maximum Gasteiger partial charge on any atom is 0.329 e. The Bertz CT molecular complexity index is 385. The van der Waals surface area contributed by atoms with Gasteiger partial charge in [0, 0.05) is 0 Å². The van der Waals surface area contributed by atoms with Crippen LogP contribution in [0.5, 0.6) is 0 Å². The van der Waals surface area contributed by atoms with Gasteiger partial charge in [0.15, 0.2) is 0 Å². The Labute approximate surface area is 111 Å². The first-order valence-corrected chi connectivity index (χ1v) is 6.38. The molecule has 3 atom stereocenters. The van der Waals surface area contributed by atoms with E-state index in [2.05, 4.69) is 10.6 Å². The Balaban J connectivity index is 2.76. The molecule has 19 heavy (non-hydrogen) atoms. The van der Waals surface area contributed by atoms with Crippen LogP contribution >= 0.6 is 0 Å². The fourth-order valence-corrected chi connectivity index (χ4v) is 2.54. The third kappa shape index (κ3) is 3.84. The average Bonchev–Trinajstić information content (AvgIpc) is 2.27. The summed E-state index contributed by atoms with van der Waals surface area (Å²) in [5.41, 5.74) is 3.70. The molecule has 7 heteroatoms. The number of carboxylic acid groups (broad SMARTS) is 1. The molecular formula is C12H21N3O4. The van der Waals surface area contributed by atoms with E-state index < -0.39 is 29.5 Å². The minimum atomic E-state index is -1.23. The summed E-state index contributed by atoms with van der Waals surface area (Å²) in [5, 5.41) is 14.2. The summed E-state index contributed by atoms with van der Waals surface area (Å²) in [6.07, 6.45) is 2.52. The lowest BCUT2D eigenvalue weighted by Gasteiger charge is -2.37. The van der Waals surface area contributed by atoms with Crippen molar-refractivity contribution in [2.24, 2.45) is 11.7 Å². The molecule has 0 radical (unpaired) electrons. The SMILES string of the molecule is CC1CCCC(NC(=O)C(C)NC(N)=O)(C(=O)O)C1. The molecule has 0 saturated heterocycles. The summed E-state index contributed by atoms with van der Waals surface area (Å²) in [6, 6.07) is -1.67. The van der Waals surface area contributed by atoms with Gasteiger partial charge in [0.05, 0.1) is 0 Å². The Morgan fingerprint density at radius 3 is 2.53 bits per heavy atom. The van der Waals surface area contributed by atoms with E-state index in [-0.39, 0.29) is 5.92 Å². The molecule has 0 spiro atoms. The number of nitrogens with one attached hydrogen (secondary N) is 2. The van der Waals surface area contributed by atoms with Crippen molar-refractivity contribution in [3.8, 4) is 0 Å². The minimum absolute atomic E-state index is 0.240. The number of nitrogens with two attached hydrogens (primary N) is 1. The molecule has 0 aliphatic heterocycles. The summed E-state index contributed by atoms with van der Waals surface area (Å²) in [7, 11) is 0. The molecule has 1 aliphatic carbocycles. The normalized spacial score (nSPS) is 28.2. The number of rotatable bonds is 4. The van der Waals surface area contributed by atoms with Gasteiger partial charge in [0.25, 0.3) is 0 Å². The maximum atomic E-state index is 11.9. The van der Waals surface area contributed by atoms with Gasteiger partial charge >= 0.3 is 12.0 Å². The van der Waals surface area contributed by atoms with Crippen LogP contribution in [0, 0.1) is 5.92 Å². The number of aliphatic carboxylic acids is 1.